The van der Waals surface area contributed by atoms with E-state index in [9.17, 15) is 23.1 Å². The second-order valence-corrected chi connectivity index (χ2v) is 8.76. The zero-order valence-electron chi connectivity index (χ0n) is 19.0. The Bertz CT molecular complexity index is 1230. The van der Waals surface area contributed by atoms with Gasteiger partial charge in [-0.15, -0.1) is 0 Å². The van der Waals surface area contributed by atoms with E-state index in [0.29, 0.717) is 29.7 Å². The largest absolute Gasteiger partial charge is 0.388 e. The molecule has 0 saturated carbocycles. The number of nitrogens with zero attached hydrogens (tertiary/aromatic N) is 5. The van der Waals surface area contributed by atoms with E-state index in [1.165, 1.54) is 4.68 Å². The number of halogens is 3. The lowest BCUT2D eigenvalue weighted by Gasteiger charge is -2.40. The Morgan fingerprint density at radius 2 is 1.85 bits per heavy atom. The van der Waals surface area contributed by atoms with Gasteiger partial charge >= 0.3 is 0 Å². The number of rotatable bonds is 6. The third-order valence-electron chi connectivity index (χ3n) is 5.48. The van der Waals surface area contributed by atoms with Gasteiger partial charge in [0.2, 0.25) is 11.9 Å². The van der Waals surface area contributed by atoms with Crippen molar-refractivity contribution in [2.24, 2.45) is 0 Å². The monoisotopic (exact) mass is 475 g/mol. The van der Waals surface area contributed by atoms with E-state index >= 15 is 0 Å². The van der Waals surface area contributed by atoms with E-state index in [-0.39, 0.29) is 18.0 Å². The van der Waals surface area contributed by atoms with Crippen LogP contribution in [0.25, 0.3) is 0 Å². The summed E-state index contributed by atoms with van der Waals surface area (Å²) < 4.78 is 41.5. The van der Waals surface area contributed by atoms with Gasteiger partial charge in [0, 0.05) is 25.4 Å². The van der Waals surface area contributed by atoms with Crippen molar-refractivity contribution in [2.75, 3.05) is 22.6 Å². The van der Waals surface area contributed by atoms with E-state index in [1.807, 2.05) is 0 Å². The molecule has 0 saturated heterocycles. The summed E-state index contributed by atoms with van der Waals surface area (Å²) >= 11 is 0. The minimum absolute atomic E-state index is 0.0609. The van der Waals surface area contributed by atoms with Crippen molar-refractivity contribution in [1.29, 1.82) is 0 Å². The van der Waals surface area contributed by atoms with Crippen LogP contribution in [0.3, 0.4) is 0 Å². The molecule has 1 aromatic carbocycles. The molecule has 3 heterocycles. The minimum Gasteiger partial charge on any atom is -0.388 e. The van der Waals surface area contributed by atoms with Crippen molar-refractivity contribution in [3.8, 4) is 0 Å². The number of aromatic nitrogens is 4. The highest BCUT2D eigenvalue weighted by atomic mass is 19.2. The molecule has 3 aromatic rings. The van der Waals surface area contributed by atoms with Crippen LogP contribution in [0.5, 0.6) is 0 Å². The zero-order chi connectivity index (χ0) is 24.8. The third kappa shape index (κ3) is 4.53. The maximum Gasteiger partial charge on any atom is 0.250 e. The lowest BCUT2D eigenvalue weighted by atomic mass is 9.95. The van der Waals surface area contributed by atoms with Crippen molar-refractivity contribution in [2.45, 2.75) is 45.5 Å². The summed E-state index contributed by atoms with van der Waals surface area (Å²) in [5.74, 6) is -3.58. The number of hydrogen-bond acceptors (Lipinski definition) is 7. The zero-order valence-corrected chi connectivity index (χ0v) is 19.0. The number of nitrogens with one attached hydrogen (secondary N) is 2. The summed E-state index contributed by atoms with van der Waals surface area (Å²) in [5.41, 5.74) is 0.716. The highest BCUT2D eigenvalue weighted by molar-refractivity contribution is 6.04. The van der Waals surface area contributed by atoms with Crippen LogP contribution in [0, 0.1) is 24.4 Å². The highest BCUT2D eigenvalue weighted by Gasteiger charge is 2.42. The lowest BCUT2D eigenvalue weighted by molar-refractivity contribution is -0.122. The normalized spacial score (nSPS) is 15.8. The van der Waals surface area contributed by atoms with Gasteiger partial charge in [0.1, 0.15) is 11.7 Å². The van der Waals surface area contributed by atoms with Gasteiger partial charge in [-0.05, 0) is 38.5 Å². The number of amides is 1. The molecular weight excluding hydrogens is 451 g/mol. The molecule has 0 spiro atoms. The van der Waals surface area contributed by atoms with Gasteiger partial charge in [-0.25, -0.2) is 18.2 Å². The number of hydrogen-bond donors (Lipinski definition) is 3. The molecule has 0 bridgehead atoms. The van der Waals surface area contributed by atoms with Crippen molar-refractivity contribution in [1.82, 2.24) is 19.7 Å². The van der Waals surface area contributed by atoms with Crippen molar-refractivity contribution < 1.29 is 23.1 Å². The van der Waals surface area contributed by atoms with Gasteiger partial charge < -0.3 is 20.6 Å². The van der Waals surface area contributed by atoms with Gasteiger partial charge in [-0.2, -0.15) is 10.1 Å². The molecule has 3 N–H and O–H groups in total. The highest BCUT2D eigenvalue weighted by Crippen LogP contribution is 2.35. The molecule has 1 atom stereocenters. The standard InChI is InChI=1S/C22H24F3N7O2/c1-11-17-19(31(4)18(20(33)29-17)22(2,3)34)30-21(28-11)26-7-13-8-27-32(10-13)9-12-5-14(23)16(25)15(24)6-12/h5-6,8,10,18,34H,7,9H2,1-4H3,(H,29,33)(H,26,28,30). The van der Waals surface area contributed by atoms with E-state index in [1.54, 1.807) is 45.1 Å². The molecular formula is C22H24F3N7O2. The topological polar surface area (TPSA) is 108 Å². The van der Waals surface area contributed by atoms with E-state index in [0.717, 1.165) is 17.7 Å². The van der Waals surface area contributed by atoms with E-state index in [2.05, 4.69) is 25.7 Å². The van der Waals surface area contributed by atoms with Crippen LogP contribution >= 0.6 is 0 Å². The van der Waals surface area contributed by atoms with Crippen LogP contribution in [-0.4, -0.2) is 49.5 Å². The number of carbonyl (C=O) groups is 1. The predicted molar refractivity (Wildman–Crippen MR) is 119 cm³/mol. The lowest BCUT2D eigenvalue weighted by Crippen LogP contribution is -2.57. The number of carbonyl (C=O) groups excluding carboxylic acids is 1. The maximum absolute atomic E-state index is 13.4. The van der Waals surface area contributed by atoms with Gasteiger partial charge in [-0.3, -0.25) is 9.48 Å². The Kier molecular flexibility index (Phi) is 5.94. The SMILES string of the molecule is Cc1nc(NCc2cnn(Cc3cc(F)c(F)c(F)c3)c2)nc2c1NC(=O)C(C(C)(C)O)N2C. The van der Waals surface area contributed by atoms with Gasteiger partial charge in [-0.1, -0.05) is 0 Å². The molecule has 2 aromatic heterocycles. The summed E-state index contributed by atoms with van der Waals surface area (Å²) in [5, 5.41) is 20.4. The average molecular weight is 475 g/mol. The summed E-state index contributed by atoms with van der Waals surface area (Å²) in [6.07, 6.45) is 3.25. The number of likely N-dealkylation sites (N-methyl/N-ethyl adjacent to an activating group) is 1. The third-order valence-corrected chi connectivity index (χ3v) is 5.48. The van der Waals surface area contributed by atoms with Crippen molar-refractivity contribution >= 4 is 23.4 Å². The molecule has 1 aliphatic rings. The number of anilines is 3. The first kappa shape index (κ1) is 23.5. The Morgan fingerprint density at radius 3 is 2.50 bits per heavy atom. The van der Waals surface area contributed by atoms with E-state index < -0.39 is 29.1 Å². The van der Waals surface area contributed by atoms with Crippen LogP contribution in [0.4, 0.5) is 30.6 Å². The molecule has 0 radical (unpaired) electrons. The van der Waals surface area contributed by atoms with Gasteiger partial charge in [0.05, 0.1) is 24.0 Å². The number of benzene rings is 1. The molecule has 0 aliphatic carbocycles. The summed E-state index contributed by atoms with van der Waals surface area (Å²) in [7, 11) is 1.68. The fraction of sp³-hybridized carbons (Fsp3) is 0.364. The first-order valence-electron chi connectivity index (χ1n) is 10.5. The van der Waals surface area contributed by atoms with E-state index in [4.69, 9.17) is 0 Å². The number of fused-ring (bicyclic) bond motifs is 1. The first-order valence-corrected chi connectivity index (χ1v) is 10.5. The van der Waals surface area contributed by atoms with Crippen LogP contribution in [0.2, 0.25) is 0 Å². The molecule has 34 heavy (non-hydrogen) atoms. The Labute approximate surface area is 193 Å². The Morgan fingerprint density at radius 1 is 1.18 bits per heavy atom. The fourth-order valence-electron chi connectivity index (χ4n) is 3.97. The predicted octanol–water partition coefficient (Wildman–Crippen LogP) is 2.59. The van der Waals surface area contributed by atoms with Crippen LogP contribution in [-0.2, 0) is 17.9 Å². The van der Waals surface area contributed by atoms with Crippen LogP contribution < -0.4 is 15.5 Å². The van der Waals surface area contributed by atoms with Gasteiger partial charge in [0.25, 0.3) is 0 Å². The number of aliphatic hydroxyl groups is 1. The quantitative estimate of drug-likeness (QED) is 0.471. The van der Waals surface area contributed by atoms with Crippen molar-refractivity contribution in [3.63, 3.8) is 0 Å². The van der Waals surface area contributed by atoms with Gasteiger partial charge in [0.15, 0.2) is 23.3 Å². The minimum atomic E-state index is -1.51. The summed E-state index contributed by atoms with van der Waals surface area (Å²) in [6.45, 7) is 5.21. The second kappa shape index (κ2) is 8.60. The number of aryl methyl sites for hydroxylation is 1. The Hall–Kier alpha value is -3.67. The second-order valence-electron chi connectivity index (χ2n) is 8.76. The van der Waals surface area contributed by atoms with Crippen molar-refractivity contribution in [3.05, 3.63) is 58.8 Å². The van der Waals surface area contributed by atoms with Crippen LogP contribution in [0.1, 0.15) is 30.7 Å². The molecule has 4 rings (SSSR count). The molecule has 1 amide bonds. The molecule has 12 heteroatoms. The molecule has 180 valence electrons. The fourth-order valence-corrected chi connectivity index (χ4v) is 3.97. The first-order chi connectivity index (χ1) is 15.9. The maximum atomic E-state index is 13.4. The molecule has 9 nitrogen and oxygen atoms in total. The molecule has 0 fully saturated rings. The molecule has 1 unspecified atom stereocenters. The average Bonchev–Trinajstić information content (AvgIpc) is 3.17. The summed E-state index contributed by atoms with van der Waals surface area (Å²) in [4.78, 5) is 23.0. The summed E-state index contributed by atoms with van der Waals surface area (Å²) in [6, 6.07) is 1.03. The Balaban J connectivity index is 1.48. The van der Waals surface area contributed by atoms with Crippen LogP contribution in [0.15, 0.2) is 24.5 Å². The molecule has 1 aliphatic heterocycles. The smallest absolute Gasteiger partial charge is 0.250 e.